The van der Waals surface area contributed by atoms with Crippen LogP contribution >= 0.6 is 0 Å². The molecule has 1 aliphatic heterocycles. The Kier molecular flexibility index (Phi) is 6.20. The first-order chi connectivity index (χ1) is 14.9. The highest BCUT2D eigenvalue weighted by molar-refractivity contribution is 7.89. The van der Waals surface area contributed by atoms with E-state index in [0.717, 1.165) is 11.1 Å². The van der Waals surface area contributed by atoms with Crippen LogP contribution in [0.25, 0.3) is 0 Å². The lowest BCUT2D eigenvalue weighted by Gasteiger charge is -2.30. The van der Waals surface area contributed by atoms with Crippen molar-refractivity contribution >= 4 is 21.7 Å². The molecule has 0 atom stereocenters. The molecular formula is C23H26N4O3S. The molecule has 31 heavy (non-hydrogen) atoms. The summed E-state index contributed by atoms with van der Waals surface area (Å²) < 4.78 is 29.0. The lowest BCUT2D eigenvalue weighted by molar-refractivity contribution is -0.121. The van der Waals surface area contributed by atoms with Crippen molar-refractivity contribution < 1.29 is 13.2 Å². The Morgan fingerprint density at radius 3 is 2.39 bits per heavy atom. The number of nitrogens with zero attached hydrogens (tertiary/aromatic N) is 3. The normalized spacial score (nSPS) is 15.6. The maximum absolute atomic E-state index is 12.9. The molecule has 0 bridgehead atoms. The van der Waals surface area contributed by atoms with E-state index in [1.165, 1.54) is 4.31 Å². The smallest absolute Gasteiger partial charge is 0.243 e. The maximum Gasteiger partial charge on any atom is 0.243 e. The fourth-order valence-electron chi connectivity index (χ4n) is 3.77. The zero-order valence-electron chi connectivity index (χ0n) is 17.4. The number of aromatic nitrogens is 2. The van der Waals surface area contributed by atoms with E-state index in [9.17, 15) is 13.2 Å². The molecule has 7 nitrogen and oxygen atoms in total. The van der Waals surface area contributed by atoms with Gasteiger partial charge in [-0.15, -0.1) is 0 Å². The van der Waals surface area contributed by atoms with Crippen LogP contribution in [0, 0.1) is 12.8 Å². The average molecular weight is 439 g/mol. The Bertz CT molecular complexity index is 1130. The second-order valence-corrected chi connectivity index (χ2v) is 9.78. The van der Waals surface area contributed by atoms with Gasteiger partial charge in [0.15, 0.2) is 0 Å². The number of carbonyl (C=O) groups is 1. The Labute approximate surface area is 182 Å². The highest BCUT2D eigenvalue weighted by Crippen LogP contribution is 2.25. The monoisotopic (exact) mass is 438 g/mol. The van der Waals surface area contributed by atoms with Gasteiger partial charge in [0, 0.05) is 25.1 Å². The van der Waals surface area contributed by atoms with Crippen molar-refractivity contribution in [2.75, 3.05) is 18.4 Å². The van der Waals surface area contributed by atoms with Gasteiger partial charge in [-0.05, 0) is 37.5 Å². The predicted octanol–water partition coefficient (Wildman–Crippen LogP) is 3.28. The van der Waals surface area contributed by atoms with Crippen molar-refractivity contribution in [2.45, 2.75) is 31.2 Å². The summed E-state index contributed by atoms with van der Waals surface area (Å²) in [7, 11) is -3.53. The predicted molar refractivity (Wildman–Crippen MR) is 119 cm³/mol. The summed E-state index contributed by atoms with van der Waals surface area (Å²) in [6.45, 7) is 3.15. The van der Waals surface area contributed by atoms with Crippen LogP contribution in [0.4, 0.5) is 5.82 Å². The summed E-state index contributed by atoms with van der Waals surface area (Å²) >= 11 is 0. The Morgan fingerprint density at radius 1 is 1.03 bits per heavy atom. The van der Waals surface area contributed by atoms with E-state index < -0.39 is 10.0 Å². The molecule has 1 N–H and O–H groups in total. The second kappa shape index (κ2) is 9.03. The molecule has 0 saturated carbocycles. The number of amides is 1. The Morgan fingerprint density at radius 2 is 1.71 bits per heavy atom. The number of carbonyl (C=O) groups excluding carboxylic acids is 1. The van der Waals surface area contributed by atoms with Crippen LogP contribution < -0.4 is 5.32 Å². The van der Waals surface area contributed by atoms with Crippen molar-refractivity contribution in [3.8, 4) is 0 Å². The summed E-state index contributed by atoms with van der Waals surface area (Å²) in [5, 5.41) is 7.27. The van der Waals surface area contributed by atoms with E-state index in [2.05, 4.69) is 10.4 Å². The van der Waals surface area contributed by atoms with Crippen LogP contribution in [0.3, 0.4) is 0 Å². The number of piperidine rings is 1. The van der Waals surface area contributed by atoms with E-state index in [1.807, 2.05) is 37.3 Å². The van der Waals surface area contributed by atoms with E-state index in [0.29, 0.717) is 43.2 Å². The quantitative estimate of drug-likeness (QED) is 0.640. The molecule has 1 aromatic heterocycles. The molecule has 3 aromatic rings. The largest absolute Gasteiger partial charge is 0.311 e. The molecule has 0 radical (unpaired) electrons. The summed E-state index contributed by atoms with van der Waals surface area (Å²) in [6.07, 6.45) is 2.64. The van der Waals surface area contributed by atoms with E-state index in [-0.39, 0.29) is 11.8 Å². The molecule has 1 saturated heterocycles. The minimum Gasteiger partial charge on any atom is -0.311 e. The average Bonchev–Trinajstić information content (AvgIpc) is 3.21. The Hall–Kier alpha value is -2.97. The molecule has 4 rings (SSSR count). The number of hydrogen-bond donors (Lipinski definition) is 1. The highest BCUT2D eigenvalue weighted by Gasteiger charge is 2.32. The third-order valence-electron chi connectivity index (χ3n) is 5.63. The van der Waals surface area contributed by atoms with Crippen molar-refractivity contribution in [3.05, 3.63) is 78.0 Å². The van der Waals surface area contributed by atoms with Crippen molar-refractivity contribution in [3.63, 3.8) is 0 Å². The van der Waals surface area contributed by atoms with Crippen LogP contribution in [-0.2, 0) is 21.4 Å². The topological polar surface area (TPSA) is 84.3 Å². The van der Waals surface area contributed by atoms with Crippen molar-refractivity contribution in [2.24, 2.45) is 5.92 Å². The molecule has 0 aliphatic carbocycles. The van der Waals surface area contributed by atoms with Gasteiger partial charge < -0.3 is 5.32 Å². The van der Waals surface area contributed by atoms with Crippen LogP contribution in [0.2, 0.25) is 0 Å². The SMILES string of the molecule is Cc1ccc(S(=O)(=O)N2CCC(C(=O)Nc3ccnn3Cc3ccccc3)CC2)cc1. The van der Waals surface area contributed by atoms with E-state index in [1.54, 1.807) is 41.2 Å². The van der Waals surface area contributed by atoms with Gasteiger partial charge in [-0.25, -0.2) is 13.1 Å². The lowest BCUT2D eigenvalue weighted by atomic mass is 9.97. The lowest BCUT2D eigenvalue weighted by Crippen LogP contribution is -2.41. The summed E-state index contributed by atoms with van der Waals surface area (Å²) in [5.41, 5.74) is 2.11. The van der Waals surface area contributed by atoms with Crippen molar-refractivity contribution in [1.82, 2.24) is 14.1 Å². The Balaban J connectivity index is 1.36. The minimum absolute atomic E-state index is 0.0952. The minimum atomic E-state index is -3.53. The van der Waals surface area contributed by atoms with Crippen LogP contribution in [0.5, 0.6) is 0 Å². The van der Waals surface area contributed by atoms with Gasteiger partial charge in [0.2, 0.25) is 15.9 Å². The summed E-state index contributed by atoms with van der Waals surface area (Å²) in [5.74, 6) is 0.315. The van der Waals surface area contributed by atoms with Crippen LogP contribution in [0.1, 0.15) is 24.0 Å². The molecule has 1 fully saturated rings. The number of anilines is 1. The van der Waals surface area contributed by atoms with Crippen LogP contribution in [-0.4, -0.2) is 41.5 Å². The third-order valence-corrected chi connectivity index (χ3v) is 7.54. The van der Waals surface area contributed by atoms with Gasteiger partial charge in [0.1, 0.15) is 5.82 Å². The number of nitrogens with one attached hydrogen (secondary N) is 1. The first kappa shape index (κ1) is 21.3. The van der Waals surface area contributed by atoms with Gasteiger partial charge in [0.25, 0.3) is 0 Å². The first-order valence-corrected chi connectivity index (χ1v) is 11.8. The molecule has 1 amide bonds. The molecular weight excluding hydrogens is 412 g/mol. The third kappa shape index (κ3) is 4.86. The summed E-state index contributed by atoms with van der Waals surface area (Å²) in [4.78, 5) is 13.1. The van der Waals surface area contributed by atoms with E-state index >= 15 is 0 Å². The number of aryl methyl sites for hydroxylation is 1. The van der Waals surface area contributed by atoms with Gasteiger partial charge in [-0.3, -0.25) is 4.79 Å². The van der Waals surface area contributed by atoms with Crippen LogP contribution in [0.15, 0.2) is 71.8 Å². The van der Waals surface area contributed by atoms with E-state index in [4.69, 9.17) is 0 Å². The van der Waals surface area contributed by atoms with Gasteiger partial charge >= 0.3 is 0 Å². The molecule has 162 valence electrons. The number of sulfonamides is 1. The fraction of sp³-hybridized carbons (Fsp3) is 0.304. The summed E-state index contributed by atoms with van der Waals surface area (Å²) in [6, 6.07) is 18.6. The number of hydrogen-bond acceptors (Lipinski definition) is 4. The molecule has 2 aromatic carbocycles. The number of rotatable bonds is 6. The number of benzene rings is 2. The molecule has 0 unspecified atom stereocenters. The standard InChI is InChI=1S/C23H26N4O3S/c1-18-7-9-21(10-8-18)31(29,30)26-15-12-20(13-16-26)23(28)25-22-11-14-24-27(22)17-19-5-3-2-4-6-19/h2-11,14,20H,12-13,15-17H2,1H3,(H,25,28). The highest BCUT2D eigenvalue weighted by atomic mass is 32.2. The first-order valence-electron chi connectivity index (χ1n) is 10.4. The molecule has 0 spiro atoms. The maximum atomic E-state index is 12.9. The second-order valence-electron chi connectivity index (χ2n) is 7.84. The zero-order valence-corrected chi connectivity index (χ0v) is 18.3. The molecule has 1 aliphatic rings. The molecule has 8 heteroatoms. The molecule has 2 heterocycles. The van der Waals surface area contributed by atoms with Crippen molar-refractivity contribution in [1.29, 1.82) is 0 Å². The van der Waals surface area contributed by atoms with Gasteiger partial charge in [-0.1, -0.05) is 48.0 Å². The van der Waals surface area contributed by atoms with Gasteiger partial charge in [0.05, 0.1) is 17.6 Å². The zero-order chi connectivity index (χ0) is 21.8. The van der Waals surface area contributed by atoms with Gasteiger partial charge in [-0.2, -0.15) is 9.40 Å². The fourth-order valence-corrected chi connectivity index (χ4v) is 5.24.